The third-order valence-electron chi connectivity index (χ3n) is 4.44. The number of piperidine rings is 1. The molecule has 28 heavy (non-hydrogen) atoms. The third-order valence-corrected chi connectivity index (χ3v) is 4.44. The van der Waals surface area contributed by atoms with Gasteiger partial charge in [0, 0.05) is 19.6 Å². The molecular weight excluding hydrogens is 377 g/mol. The summed E-state index contributed by atoms with van der Waals surface area (Å²) in [5.41, 5.74) is 0.641. The lowest BCUT2D eigenvalue weighted by Crippen LogP contribution is -2.45. The maximum Gasteiger partial charge on any atom is 0.573 e. The van der Waals surface area contributed by atoms with Gasteiger partial charge in [0.25, 0.3) is 5.91 Å². The molecule has 1 fully saturated rings. The molecule has 2 heterocycles. The highest BCUT2D eigenvalue weighted by Crippen LogP contribution is 2.23. The molecule has 0 unspecified atom stereocenters. The van der Waals surface area contributed by atoms with Crippen LogP contribution in [0, 0.1) is 5.92 Å². The van der Waals surface area contributed by atoms with E-state index in [9.17, 15) is 22.8 Å². The quantitative estimate of drug-likeness (QED) is 0.842. The van der Waals surface area contributed by atoms with Crippen LogP contribution >= 0.6 is 0 Å². The zero-order chi connectivity index (χ0) is 20.1. The van der Waals surface area contributed by atoms with Gasteiger partial charge in [0.15, 0.2) is 5.76 Å². The van der Waals surface area contributed by atoms with Gasteiger partial charge in [-0.1, -0.05) is 12.1 Å². The van der Waals surface area contributed by atoms with Crippen molar-refractivity contribution in [1.82, 2.24) is 10.2 Å². The number of alkyl halides is 3. The Balaban J connectivity index is 1.51. The fourth-order valence-electron chi connectivity index (χ4n) is 3.07. The van der Waals surface area contributed by atoms with E-state index in [-0.39, 0.29) is 35.8 Å². The van der Waals surface area contributed by atoms with E-state index in [0.29, 0.717) is 31.5 Å². The first-order chi connectivity index (χ1) is 13.3. The molecule has 2 aromatic rings. The number of carbonyl (C=O) groups excluding carboxylic acids is 2. The first-order valence-corrected chi connectivity index (χ1v) is 8.77. The number of halogens is 3. The van der Waals surface area contributed by atoms with E-state index >= 15 is 0 Å². The molecular formula is C19H19F3N2O4. The number of rotatable bonds is 5. The smallest absolute Gasteiger partial charge is 0.459 e. The number of hydrogen-bond donors (Lipinski definition) is 1. The van der Waals surface area contributed by atoms with E-state index in [1.807, 2.05) is 0 Å². The van der Waals surface area contributed by atoms with E-state index < -0.39 is 6.36 Å². The highest BCUT2D eigenvalue weighted by molar-refractivity contribution is 5.92. The van der Waals surface area contributed by atoms with E-state index in [0.717, 1.165) is 0 Å². The molecule has 150 valence electrons. The van der Waals surface area contributed by atoms with Crippen LogP contribution in [0.5, 0.6) is 5.75 Å². The minimum absolute atomic E-state index is 0.174. The summed E-state index contributed by atoms with van der Waals surface area (Å²) in [6, 6.07) is 8.51. The molecule has 0 radical (unpaired) electrons. The number of likely N-dealkylation sites (tertiary alicyclic amines) is 1. The van der Waals surface area contributed by atoms with Gasteiger partial charge in [0.05, 0.1) is 12.2 Å². The van der Waals surface area contributed by atoms with Crippen molar-refractivity contribution in [3.8, 4) is 5.75 Å². The number of nitrogens with zero attached hydrogens (tertiary/aromatic N) is 1. The lowest BCUT2D eigenvalue weighted by atomic mass is 9.96. The number of ether oxygens (including phenoxy) is 1. The van der Waals surface area contributed by atoms with Gasteiger partial charge in [-0.15, -0.1) is 13.2 Å². The number of nitrogens with one attached hydrogen (secondary N) is 1. The Morgan fingerprint density at radius 1 is 1.21 bits per heavy atom. The Labute approximate surface area is 159 Å². The Kier molecular flexibility index (Phi) is 5.91. The second-order valence-corrected chi connectivity index (χ2v) is 6.48. The summed E-state index contributed by atoms with van der Waals surface area (Å²) in [5, 5.41) is 2.77. The van der Waals surface area contributed by atoms with Gasteiger partial charge in [-0.3, -0.25) is 9.59 Å². The Hall–Kier alpha value is -2.97. The highest BCUT2D eigenvalue weighted by Gasteiger charge is 2.31. The topological polar surface area (TPSA) is 71.8 Å². The Morgan fingerprint density at radius 3 is 2.61 bits per heavy atom. The predicted molar refractivity (Wildman–Crippen MR) is 92.3 cm³/mol. The molecule has 0 spiro atoms. The lowest BCUT2D eigenvalue weighted by molar-refractivity contribution is -0.274. The van der Waals surface area contributed by atoms with Crippen LogP contribution in [0.2, 0.25) is 0 Å². The molecule has 1 aromatic carbocycles. The maximum atomic E-state index is 12.4. The summed E-state index contributed by atoms with van der Waals surface area (Å²) in [5.74, 6) is -0.875. The fourth-order valence-corrected chi connectivity index (χ4v) is 3.07. The summed E-state index contributed by atoms with van der Waals surface area (Å²) in [7, 11) is 0. The standard InChI is InChI=1S/C19H19F3N2O4/c20-19(21,22)28-15-7-5-13(6-8-15)11-23-17(25)14-3-1-9-24(12-14)18(26)16-4-2-10-27-16/h2,4-8,10,14H,1,3,9,11-12H2,(H,23,25)/t14-/m0/s1. The van der Waals surface area contributed by atoms with Crippen LogP contribution in [0.1, 0.15) is 29.0 Å². The van der Waals surface area contributed by atoms with Gasteiger partial charge in [-0.25, -0.2) is 0 Å². The monoisotopic (exact) mass is 396 g/mol. The van der Waals surface area contributed by atoms with Crippen LogP contribution in [-0.2, 0) is 11.3 Å². The molecule has 0 bridgehead atoms. The molecule has 9 heteroatoms. The van der Waals surface area contributed by atoms with Gasteiger partial charge in [0.1, 0.15) is 5.75 Å². The molecule has 3 rings (SSSR count). The molecule has 0 aliphatic carbocycles. The van der Waals surface area contributed by atoms with Crippen LogP contribution in [0.15, 0.2) is 47.1 Å². The SMILES string of the molecule is O=C(NCc1ccc(OC(F)(F)F)cc1)[C@H]1CCCN(C(=O)c2ccco2)C1. The summed E-state index contributed by atoms with van der Waals surface area (Å²) in [6.45, 7) is 1.03. The number of furan rings is 1. The van der Waals surface area contributed by atoms with Crippen molar-refractivity contribution >= 4 is 11.8 Å². The van der Waals surface area contributed by atoms with Crippen molar-refractivity contribution in [2.75, 3.05) is 13.1 Å². The van der Waals surface area contributed by atoms with Gasteiger partial charge in [0.2, 0.25) is 5.91 Å². The summed E-state index contributed by atoms with van der Waals surface area (Å²) >= 11 is 0. The molecule has 1 atom stereocenters. The summed E-state index contributed by atoms with van der Waals surface area (Å²) in [6.07, 6.45) is -1.96. The lowest BCUT2D eigenvalue weighted by Gasteiger charge is -2.31. The highest BCUT2D eigenvalue weighted by atomic mass is 19.4. The summed E-state index contributed by atoms with van der Waals surface area (Å²) < 4.78 is 45.4. The maximum absolute atomic E-state index is 12.4. The van der Waals surface area contributed by atoms with Gasteiger partial charge in [-0.2, -0.15) is 0 Å². The normalized spacial score (nSPS) is 17.2. The molecule has 6 nitrogen and oxygen atoms in total. The Bertz CT molecular complexity index is 804. The minimum atomic E-state index is -4.74. The van der Waals surface area contributed by atoms with Crippen LogP contribution in [0.3, 0.4) is 0 Å². The van der Waals surface area contributed by atoms with Crippen molar-refractivity contribution in [3.05, 3.63) is 54.0 Å². The van der Waals surface area contributed by atoms with Crippen molar-refractivity contribution in [3.63, 3.8) is 0 Å². The number of benzene rings is 1. The van der Waals surface area contributed by atoms with Crippen LogP contribution in [-0.4, -0.2) is 36.2 Å². The van der Waals surface area contributed by atoms with E-state index in [1.165, 1.54) is 30.5 Å². The fraction of sp³-hybridized carbons (Fsp3) is 0.368. The third kappa shape index (κ3) is 5.28. The first kappa shape index (κ1) is 19.8. The Morgan fingerprint density at radius 2 is 1.96 bits per heavy atom. The van der Waals surface area contributed by atoms with Gasteiger partial charge < -0.3 is 19.4 Å². The minimum Gasteiger partial charge on any atom is -0.459 e. The van der Waals surface area contributed by atoms with E-state index in [4.69, 9.17) is 4.42 Å². The van der Waals surface area contributed by atoms with Crippen molar-refractivity contribution < 1.29 is 31.9 Å². The van der Waals surface area contributed by atoms with Crippen molar-refractivity contribution in [2.24, 2.45) is 5.92 Å². The molecule has 1 saturated heterocycles. The summed E-state index contributed by atoms with van der Waals surface area (Å²) in [4.78, 5) is 26.4. The molecule has 2 amide bonds. The average Bonchev–Trinajstić information content (AvgIpc) is 3.20. The first-order valence-electron chi connectivity index (χ1n) is 8.77. The zero-order valence-electron chi connectivity index (χ0n) is 14.9. The second kappa shape index (κ2) is 8.37. The van der Waals surface area contributed by atoms with E-state index in [2.05, 4.69) is 10.1 Å². The second-order valence-electron chi connectivity index (χ2n) is 6.48. The van der Waals surface area contributed by atoms with Crippen LogP contribution < -0.4 is 10.1 Å². The van der Waals surface area contributed by atoms with Crippen molar-refractivity contribution in [2.45, 2.75) is 25.7 Å². The van der Waals surface area contributed by atoms with Gasteiger partial charge in [-0.05, 0) is 42.7 Å². The number of hydrogen-bond acceptors (Lipinski definition) is 4. The van der Waals surface area contributed by atoms with Gasteiger partial charge >= 0.3 is 6.36 Å². The molecule has 0 saturated carbocycles. The average molecular weight is 396 g/mol. The number of amides is 2. The van der Waals surface area contributed by atoms with Crippen molar-refractivity contribution in [1.29, 1.82) is 0 Å². The van der Waals surface area contributed by atoms with Crippen LogP contribution in [0.25, 0.3) is 0 Å². The molecule has 1 aliphatic heterocycles. The predicted octanol–water partition coefficient (Wildman–Crippen LogP) is 3.35. The molecule has 1 aliphatic rings. The number of carbonyl (C=O) groups is 2. The molecule has 1 N–H and O–H groups in total. The zero-order valence-corrected chi connectivity index (χ0v) is 14.9. The van der Waals surface area contributed by atoms with Crippen LogP contribution in [0.4, 0.5) is 13.2 Å². The largest absolute Gasteiger partial charge is 0.573 e. The van der Waals surface area contributed by atoms with E-state index in [1.54, 1.807) is 17.0 Å². The molecule has 1 aromatic heterocycles.